The SMILES string of the molecule is CC1(C)C[N+](C)(c2ccc(OC(C)(C)F)cc2)C2CCCCC2N1. The standard InChI is InChI=1S/C20H32FN2O/c1-19(2)14-23(5,18-9-7-6-8-17(18)22-19)15-10-12-16(13-11-15)24-20(3,4)21/h10-13,17-18,22H,6-9,14H2,1-5H3/q+1. The summed E-state index contributed by atoms with van der Waals surface area (Å²) < 4.78 is 20.0. The number of quaternary nitrogens is 1. The molecule has 0 amide bonds. The van der Waals surface area contributed by atoms with Crippen molar-refractivity contribution >= 4 is 5.69 Å². The van der Waals surface area contributed by atoms with Crippen LogP contribution in [0.1, 0.15) is 53.4 Å². The van der Waals surface area contributed by atoms with Crippen LogP contribution in [0.3, 0.4) is 0 Å². The van der Waals surface area contributed by atoms with Gasteiger partial charge in [-0.2, -0.15) is 4.39 Å². The van der Waals surface area contributed by atoms with E-state index in [0.29, 0.717) is 17.8 Å². The average molecular weight is 335 g/mol. The largest absolute Gasteiger partial charge is 0.459 e. The normalized spacial score (nSPS) is 32.9. The van der Waals surface area contributed by atoms with E-state index in [9.17, 15) is 4.39 Å². The molecule has 1 aliphatic carbocycles. The molecule has 1 aromatic rings. The lowest BCUT2D eigenvalue weighted by Crippen LogP contribution is -2.75. The van der Waals surface area contributed by atoms with E-state index in [1.165, 1.54) is 45.2 Å². The topological polar surface area (TPSA) is 21.3 Å². The van der Waals surface area contributed by atoms with E-state index in [1.54, 1.807) is 0 Å². The molecule has 134 valence electrons. The molecule has 24 heavy (non-hydrogen) atoms. The molecule has 0 spiro atoms. The first-order valence-corrected chi connectivity index (χ1v) is 9.21. The minimum atomic E-state index is -1.65. The molecule has 3 nitrogen and oxygen atoms in total. The molecule has 1 aromatic carbocycles. The number of alkyl halides is 1. The van der Waals surface area contributed by atoms with Crippen LogP contribution >= 0.6 is 0 Å². The number of rotatable bonds is 3. The molecule has 1 saturated heterocycles. The highest BCUT2D eigenvalue weighted by Gasteiger charge is 2.50. The Kier molecular flexibility index (Phi) is 4.42. The lowest BCUT2D eigenvalue weighted by molar-refractivity contribution is -0.0257. The summed E-state index contributed by atoms with van der Waals surface area (Å²) in [5.74, 6) is -1.06. The Labute approximate surface area is 145 Å². The van der Waals surface area contributed by atoms with Crippen molar-refractivity contribution in [3.8, 4) is 5.75 Å². The van der Waals surface area contributed by atoms with Gasteiger partial charge in [0.1, 0.15) is 24.0 Å². The van der Waals surface area contributed by atoms with Crippen molar-refractivity contribution in [3.63, 3.8) is 0 Å². The number of piperazine rings is 1. The Balaban J connectivity index is 1.89. The summed E-state index contributed by atoms with van der Waals surface area (Å²) in [6.07, 6.45) is 5.16. The van der Waals surface area contributed by atoms with Gasteiger partial charge in [-0.3, -0.25) is 9.80 Å². The monoisotopic (exact) mass is 335 g/mol. The van der Waals surface area contributed by atoms with E-state index in [1.807, 2.05) is 12.1 Å². The van der Waals surface area contributed by atoms with E-state index in [0.717, 1.165) is 11.0 Å². The third kappa shape index (κ3) is 3.60. The fourth-order valence-corrected chi connectivity index (χ4v) is 4.87. The minimum absolute atomic E-state index is 0.114. The van der Waals surface area contributed by atoms with E-state index in [4.69, 9.17) is 4.74 Å². The van der Waals surface area contributed by atoms with Crippen LogP contribution in [0.15, 0.2) is 24.3 Å². The van der Waals surface area contributed by atoms with Gasteiger partial charge in [0.15, 0.2) is 0 Å². The number of hydrogen-bond acceptors (Lipinski definition) is 2. The smallest absolute Gasteiger partial charge is 0.242 e. The number of likely N-dealkylation sites (N-methyl/N-ethyl adjacent to an activating group) is 1. The highest BCUT2D eigenvalue weighted by molar-refractivity contribution is 5.48. The van der Waals surface area contributed by atoms with Crippen molar-refractivity contribution in [2.45, 2.75) is 76.9 Å². The maximum Gasteiger partial charge on any atom is 0.242 e. The van der Waals surface area contributed by atoms with Gasteiger partial charge in [0, 0.05) is 32.4 Å². The first kappa shape index (κ1) is 17.7. The van der Waals surface area contributed by atoms with Gasteiger partial charge < -0.3 is 4.74 Å². The molecule has 1 heterocycles. The summed E-state index contributed by atoms with van der Waals surface area (Å²) in [4.78, 5) is 0. The van der Waals surface area contributed by atoms with Gasteiger partial charge in [0.25, 0.3) is 0 Å². The Morgan fingerprint density at radius 2 is 1.79 bits per heavy atom. The molecule has 2 aliphatic rings. The second-order valence-electron chi connectivity index (χ2n) is 8.87. The lowest BCUT2D eigenvalue weighted by atomic mass is 9.81. The number of ether oxygens (including phenoxy) is 1. The van der Waals surface area contributed by atoms with Crippen LogP contribution in [-0.4, -0.2) is 37.1 Å². The zero-order valence-corrected chi connectivity index (χ0v) is 15.7. The molecule has 4 heteroatoms. The number of hydrogen-bond donors (Lipinski definition) is 1. The Morgan fingerprint density at radius 1 is 1.17 bits per heavy atom. The second-order valence-corrected chi connectivity index (χ2v) is 8.87. The molecule has 1 saturated carbocycles. The number of halogens is 1. The fourth-order valence-electron chi connectivity index (χ4n) is 4.87. The summed E-state index contributed by atoms with van der Waals surface area (Å²) in [6.45, 7) is 8.53. The van der Waals surface area contributed by atoms with Crippen LogP contribution in [0.2, 0.25) is 0 Å². The molecule has 0 bridgehead atoms. The van der Waals surface area contributed by atoms with Crippen molar-refractivity contribution in [2.75, 3.05) is 13.6 Å². The lowest BCUT2D eigenvalue weighted by Gasteiger charge is -2.55. The Hall–Kier alpha value is -1.13. The summed E-state index contributed by atoms with van der Waals surface area (Å²) in [7, 11) is 2.36. The van der Waals surface area contributed by atoms with Gasteiger partial charge in [-0.15, -0.1) is 0 Å². The van der Waals surface area contributed by atoms with Crippen LogP contribution in [0.4, 0.5) is 10.1 Å². The maximum absolute atomic E-state index is 13.7. The summed E-state index contributed by atoms with van der Waals surface area (Å²) in [5.41, 5.74) is 1.41. The second kappa shape index (κ2) is 5.99. The first-order valence-electron chi connectivity index (χ1n) is 9.21. The molecule has 0 aromatic heterocycles. The zero-order chi connectivity index (χ0) is 17.6. The molecular weight excluding hydrogens is 303 g/mol. The third-order valence-electron chi connectivity index (χ3n) is 5.55. The number of nitrogens with one attached hydrogen (secondary N) is 1. The first-order chi connectivity index (χ1) is 11.1. The van der Waals surface area contributed by atoms with E-state index in [-0.39, 0.29) is 5.54 Å². The highest BCUT2D eigenvalue weighted by atomic mass is 19.2. The quantitative estimate of drug-likeness (QED) is 0.827. The van der Waals surface area contributed by atoms with Gasteiger partial charge in [0.2, 0.25) is 5.85 Å². The summed E-state index contributed by atoms with van der Waals surface area (Å²) in [5, 5.41) is 3.87. The van der Waals surface area contributed by atoms with Crippen molar-refractivity contribution in [3.05, 3.63) is 24.3 Å². The van der Waals surface area contributed by atoms with Crippen molar-refractivity contribution in [1.82, 2.24) is 9.80 Å². The van der Waals surface area contributed by atoms with Crippen LogP contribution < -0.4 is 14.5 Å². The van der Waals surface area contributed by atoms with Crippen molar-refractivity contribution in [1.29, 1.82) is 0 Å². The van der Waals surface area contributed by atoms with Gasteiger partial charge in [-0.05, 0) is 38.8 Å². The van der Waals surface area contributed by atoms with Crippen LogP contribution in [0.25, 0.3) is 0 Å². The average Bonchev–Trinajstić information content (AvgIpc) is 2.45. The number of benzene rings is 1. The molecular formula is C20H32FN2O+. The van der Waals surface area contributed by atoms with Crippen molar-refractivity contribution < 1.29 is 9.13 Å². The maximum atomic E-state index is 13.7. The molecule has 2 fully saturated rings. The van der Waals surface area contributed by atoms with Gasteiger partial charge in [-0.25, -0.2) is 0 Å². The molecule has 1 aliphatic heterocycles. The van der Waals surface area contributed by atoms with Crippen LogP contribution in [0.5, 0.6) is 5.75 Å². The van der Waals surface area contributed by atoms with Crippen LogP contribution in [-0.2, 0) is 0 Å². The molecule has 3 unspecified atom stereocenters. The van der Waals surface area contributed by atoms with Crippen LogP contribution in [0, 0.1) is 0 Å². The van der Waals surface area contributed by atoms with Gasteiger partial charge in [-0.1, -0.05) is 6.42 Å². The highest BCUT2D eigenvalue weighted by Crippen LogP contribution is 2.39. The predicted molar refractivity (Wildman–Crippen MR) is 98.1 cm³/mol. The Bertz CT molecular complexity index is 578. The molecule has 3 atom stereocenters. The fraction of sp³-hybridized carbons (Fsp3) is 0.700. The van der Waals surface area contributed by atoms with Crippen molar-refractivity contribution in [2.24, 2.45) is 0 Å². The van der Waals surface area contributed by atoms with Gasteiger partial charge >= 0.3 is 0 Å². The van der Waals surface area contributed by atoms with E-state index in [2.05, 4.69) is 38.3 Å². The third-order valence-corrected chi connectivity index (χ3v) is 5.55. The van der Waals surface area contributed by atoms with E-state index < -0.39 is 5.85 Å². The minimum Gasteiger partial charge on any atom is -0.459 e. The Morgan fingerprint density at radius 3 is 2.42 bits per heavy atom. The number of fused-ring (bicyclic) bond motifs is 1. The van der Waals surface area contributed by atoms with Gasteiger partial charge in [0.05, 0.1) is 18.6 Å². The van der Waals surface area contributed by atoms with E-state index >= 15 is 0 Å². The number of nitrogens with zero attached hydrogens (tertiary/aromatic N) is 1. The summed E-state index contributed by atoms with van der Waals surface area (Å²) in [6, 6.07) is 9.24. The predicted octanol–water partition coefficient (Wildman–Crippen LogP) is 4.40. The summed E-state index contributed by atoms with van der Waals surface area (Å²) >= 11 is 0. The molecule has 1 N–H and O–H groups in total. The zero-order valence-electron chi connectivity index (χ0n) is 15.7. The molecule has 0 radical (unpaired) electrons. The molecule has 3 rings (SSSR count).